The summed E-state index contributed by atoms with van der Waals surface area (Å²) in [4.78, 5) is 39.8. The standard InChI is InChI=1S/C24H24N6O3S/c1-28-22(33)18-9-5-6-10-19(18)30-23(28)26-27-24(30)34-15-20(31)29-13-11-16(12-14-29)21(32)25-17-7-3-2-4-8-17/h2-10,16H,11-15H2,1H3,(H,25,32). The van der Waals surface area contributed by atoms with Crippen LogP contribution in [0.1, 0.15) is 12.8 Å². The third-order valence-electron chi connectivity index (χ3n) is 6.18. The first-order valence-corrected chi connectivity index (χ1v) is 12.1. The number of thioether (sulfide) groups is 1. The Balaban J connectivity index is 1.23. The van der Waals surface area contributed by atoms with Gasteiger partial charge >= 0.3 is 0 Å². The maximum absolute atomic E-state index is 12.9. The molecule has 174 valence electrons. The highest BCUT2D eigenvalue weighted by atomic mass is 32.2. The van der Waals surface area contributed by atoms with E-state index in [1.807, 2.05) is 52.9 Å². The summed E-state index contributed by atoms with van der Waals surface area (Å²) < 4.78 is 3.28. The second-order valence-corrected chi connectivity index (χ2v) is 9.24. The number of nitrogens with zero attached hydrogens (tertiary/aromatic N) is 5. The topological polar surface area (TPSA) is 102 Å². The predicted molar refractivity (Wildman–Crippen MR) is 131 cm³/mol. The van der Waals surface area contributed by atoms with Crippen LogP contribution in [0.4, 0.5) is 5.69 Å². The highest BCUT2D eigenvalue weighted by Crippen LogP contribution is 2.24. The van der Waals surface area contributed by atoms with Crippen molar-refractivity contribution < 1.29 is 9.59 Å². The molecule has 1 N–H and O–H groups in total. The average molecular weight is 477 g/mol. The first-order chi connectivity index (χ1) is 16.5. The zero-order valence-electron chi connectivity index (χ0n) is 18.7. The Hall–Kier alpha value is -3.66. The molecule has 1 saturated heterocycles. The van der Waals surface area contributed by atoms with Gasteiger partial charge in [0.05, 0.1) is 16.7 Å². The Morgan fingerprint density at radius 2 is 1.74 bits per heavy atom. The van der Waals surface area contributed by atoms with Gasteiger partial charge in [0.2, 0.25) is 17.6 Å². The summed E-state index contributed by atoms with van der Waals surface area (Å²) in [7, 11) is 1.66. The van der Waals surface area contributed by atoms with Crippen LogP contribution in [0.3, 0.4) is 0 Å². The van der Waals surface area contributed by atoms with Crippen molar-refractivity contribution in [1.82, 2.24) is 24.1 Å². The Kier molecular flexibility index (Phi) is 6.06. The summed E-state index contributed by atoms with van der Waals surface area (Å²) >= 11 is 1.30. The Morgan fingerprint density at radius 3 is 2.50 bits per heavy atom. The lowest BCUT2D eigenvalue weighted by atomic mass is 9.96. The largest absolute Gasteiger partial charge is 0.342 e. The Morgan fingerprint density at radius 1 is 1.03 bits per heavy atom. The number of aromatic nitrogens is 4. The van der Waals surface area contributed by atoms with Crippen molar-refractivity contribution in [2.24, 2.45) is 13.0 Å². The summed E-state index contributed by atoms with van der Waals surface area (Å²) in [5, 5.41) is 12.5. The summed E-state index contributed by atoms with van der Waals surface area (Å²) in [6, 6.07) is 16.7. The van der Waals surface area contributed by atoms with Gasteiger partial charge in [0.25, 0.3) is 5.56 Å². The quantitative estimate of drug-likeness (QED) is 0.444. The van der Waals surface area contributed by atoms with Crippen molar-refractivity contribution in [3.05, 3.63) is 65.0 Å². The fraction of sp³-hybridized carbons (Fsp3) is 0.292. The number of piperidine rings is 1. The molecular formula is C24H24N6O3S. The lowest BCUT2D eigenvalue weighted by Crippen LogP contribution is -2.42. The van der Waals surface area contributed by atoms with Crippen molar-refractivity contribution in [2.75, 3.05) is 24.2 Å². The van der Waals surface area contributed by atoms with E-state index in [9.17, 15) is 14.4 Å². The number of para-hydroxylation sites is 2. The molecule has 1 aliphatic rings. The molecule has 5 rings (SSSR count). The molecule has 0 atom stereocenters. The number of hydrogen-bond donors (Lipinski definition) is 1. The monoisotopic (exact) mass is 476 g/mol. The molecule has 0 aliphatic carbocycles. The summed E-state index contributed by atoms with van der Waals surface area (Å²) in [5.74, 6) is 0.533. The minimum atomic E-state index is -0.137. The van der Waals surface area contributed by atoms with E-state index in [2.05, 4.69) is 15.5 Å². The van der Waals surface area contributed by atoms with Crippen LogP contribution in [-0.2, 0) is 16.6 Å². The van der Waals surface area contributed by atoms with Crippen molar-refractivity contribution in [1.29, 1.82) is 0 Å². The fourth-order valence-electron chi connectivity index (χ4n) is 4.28. The van der Waals surface area contributed by atoms with Gasteiger partial charge in [-0.15, -0.1) is 10.2 Å². The van der Waals surface area contributed by atoms with Crippen molar-refractivity contribution >= 4 is 45.9 Å². The molecule has 0 saturated carbocycles. The van der Waals surface area contributed by atoms with E-state index in [1.54, 1.807) is 18.0 Å². The van der Waals surface area contributed by atoms with Crippen LogP contribution in [0.5, 0.6) is 0 Å². The van der Waals surface area contributed by atoms with E-state index in [-0.39, 0.29) is 29.0 Å². The van der Waals surface area contributed by atoms with Crippen LogP contribution < -0.4 is 10.9 Å². The van der Waals surface area contributed by atoms with Crippen LogP contribution in [0.25, 0.3) is 16.7 Å². The van der Waals surface area contributed by atoms with Gasteiger partial charge in [-0.3, -0.25) is 23.4 Å². The third kappa shape index (κ3) is 4.16. The SMILES string of the molecule is Cn1c(=O)c2ccccc2n2c(SCC(=O)N3CCC(C(=O)Nc4ccccc4)CC3)nnc12. The molecular weight excluding hydrogens is 452 g/mol. The summed E-state index contributed by atoms with van der Waals surface area (Å²) in [5.41, 5.74) is 1.36. The first kappa shape index (κ1) is 22.1. The Bertz CT molecular complexity index is 1420. The molecule has 4 aromatic rings. The molecule has 2 aromatic carbocycles. The van der Waals surface area contributed by atoms with Crippen LogP contribution in [0, 0.1) is 5.92 Å². The van der Waals surface area contributed by atoms with Gasteiger partial charge in [-0.25, -0.2) is 0 Å². The number of benzene rings is 2. The number of nitrogens with one attached hydrogen (secondary N) is 1. The van der Waals surface area contributed by atoms with Crippen molar-refractivity contribution in [3.63, 3.8) is 0 Å². The van der Waals surface area contributed by atoms with Crippen molar-refractivity contribution in [2.45, 2.75) is 18.0 Å². The zero-order chi connectivity index (χ0) is 23.7. The van der Waals surface area contributed by atoms with E-state index in [0.29, 0.717) is 47.8 Å². The molecule has 1 aliphatic heterocycles. The number of aryl methyl sites for hydroxylation is 1. The van der Waals surface area contributed by atoms with Gasteiger partial charge < -0.3 is 10.2 Å². The second-order valence-electron chi connectivity index (χ2n) is 8.30. The smallest absolute Gasteiger partial charge is 0.262 e. The lowest BCUT2D eigenvalue weighted by molar-refractivity contribution is -0.132. The molecule has 0 unspecified atom stereocenters. The van der Waals surface area contributed by atoms with Gasteiger partial charge in [-0.1, -0.05) is 42.1 Å². The highest BCUT2D eigenvalue weighted by Gasteiger charge is 2.27. The highest BCUT2D eigenvalue weighted by molar-refractivity contribution is 7.99. The molecule has 2 aromatic heterocycles. The number of likely N-dealkylation sites (tertiary alicyclic amines) is 1. The molecule has 10 heteroatoms. The number of amides is 2. The van der Waals surface area contributed by atoms with Gasteiger partial charge in [0.15, 0.2) is 5.16 Å². The van der Waals surface area contributed by atoms with Gasteiger partial charge in [-0.05, 0) is 37.1 Å². The van der Waals surface area contributed by atoms with Crippen LogP contribution in [-0.4, -0.2) is 54.7 Å². The number of carbonyl (C=O) groups is 2. The molecule has 0 bridgehead atoms. The zero-order valence-corrected chi connectivity index (χ0v) is 19.5. The fourth-order valence-corrected chi connectivity index (χ4v) is 5.12. The number of rotatable bonds is 5. The minimum Gasteiger partial charge on any atom is -0.342 e. The van der Waals surface area contributed by atoms with Gasteiger partial charge in [0, 0.05) is 31.7 Å². The van der Waals surface area contributed by atoms with Crippen LogP contribution >= 0.6 is 11.8 Å². The number of anilines is 1. The Labute approximate surface area is 199 Å². The molecule has 2 amide bonds. The first-order valence-electron chi connectivity index (χ1n) is 11.1. The third-order valence-corrected chi connectivity index (χ3v) is 7.09. The normalized spacial score (nSPS) is 14.6. The van der Waals surface area contributed by atoms with Gasteiger partial charge in [0.1, 0.15) is 0 Å². The summed E-state index contributed by atoms with van der Waals surface area (Å²) in [6.07, 6.45) is 1.27. The summed E-state index contributed by atoms with van der Waals surface area (Å²) in [6.45, 7) is 1.09. The van der Waals surface area contributed by atoms with Crippen LogP contribution in [0.15, 0.2) is 64.5 Å². The van der Waals surface area contributed by atoms with E-state index >= 15 is 0 Å². The molecule has 0 radical (unpaired) electrons. The molecule has 1 fully saturated rings. The van der Waals surface area contributed by atoms with Crippen LogP contribution in [0.2, 0.25) is 0 Å². The van der Waals surface area contributed by atoms with E-state index in [1.165, 1.54) is 16.3 Å². The maximum atomic E-state index is 12.9. The van der Waals surface area contributed by atoms with E-state index in [0.717, 1.165) is 5.69 Å². The van der Waals surface area contributed by atoms with E-state index in [4.69, 9.17) is 0 Å². The number of carbonyl (C=O) groups excluding carboxylic acids is 2. The molecule has 9 nitrogen and oxygen atoms in total. The molecule has 34 heavy (non-hydrogen) atoms. The van der Waals surface area contributed by atoms with E-state index < -0.39 is 0 Å². The average Bonchev–Trinajstić information content (AvgIpc) is 3.31. The van der Waals surface area contributed by atoms with Gasteiger partial charge in [-0.2, -0.15) is 0 Å². The molecule has 0 spiro atoms. The minimum absolute atomic E-state index is 0.0000871. The van der Waals surface area contributed by atoms with Crippen molar-refractivity contribution in [3.8, 4) is 0 Å². The number of hydrogen-bond acceptors (Lipinski definition) is 6. The predicted octanol–water partition coefficient (Wildman–Crippen LogP) is 2.55. The second kappa shape index (κ2) is 9.30. The lowest BCUT2D eigenvalue weighted by Gasteiger charge is -2.31. The maximum Gasteiger partial charge on any atom is 0.262 e. The molecule has 3 heterocycles. The number of fused-ring (bicyclic) bond motifs is 3.